The summed E-state index contributed by atoms with van der Waals surface area (Å²) in [6.07, 6.45) is -2.86. The molecule has 14 heavy (non-hydrogen) atoms. The Bertz CT molecular complexity index is 407. The van der Waals surface area contributed by atoms with Gasteiger partial charge in [-0.2, -0.15) is 8.42 Å². The molecule has 0 radical (unpaired) electrons. The molecule has 1 rings (SSSR count). The van der Waals surface area contributed by atoms with E-state index in [2.05, 4.69) is 4.98 Å². The van der Waals surface area contributed by atoms with Crippen molar-refractivity contribution in [1.29, 1.82) is 0 Å². The fraction of sp³-hybridized carbons (Fsp3) is 0.167. The number of rotatable bonds is 2. The van der Waals surface area contributed by atoms with Crippen LogP contribution in [0.25, 0.3) is 0 Å². The van der Waals surface area contributed by atoms with E-state index in [4.69, 9.17) is 4.55 Å². The highest BCUT2D eigenvalue weighted by Gasteiger charge is 2.15. The van der Waals surface area contributed by atoms with E-state index in [1.165, 1.54) is 0 Å². The van der Waals surface area contributed by atoms with Crippen LogP contribution in [-0.4, -0.2) is 18.0 Å². The highest BCUT2D eigenvalue weighted by molar-refractivity contribution is 7.85. The zero-order valence-corrected chi connectivity index (χ0v) is 7.71. The molecular weight excluding hydrogens is 218 g/mol. The van der Waals surface area contributed by atoms with Crippen LogP contribution in [0, 0.1) is 0 Å². The second kappa shape index (κ2) is 4.40. The summed E-state index contributed by atoms with van der Waals surface area (Å²) in [7, 11) is -4.50. The van der Waals surface area contributed by atoms with Gasteiger partial charge >= 0.3 is 10.1 Å². The summed E-state index contributed by atoms with van der Waals surface area (Å²) >= 11 is 0. The molecule has 0 bridgehead atoms. The molecule has 0 aliphatic rings. The first kappa shape index (κ1) is 12.9. The monoisotopic (exact) mass is 226 g/mol. The standard InChI is InChI=1S/C6H5F2NO3S.H3N/c7-6(8)4-2-1-3-5(9-4)13(10,11)12;/h1-3,6H,(H,10,11,12);1H3. The largest absolute Gasteiger partial charge is 0.344 e. The van der Waals surface area contributed by atoms with E-state index in [-0.39, 0.29) is 6.15 Å². The number of hydrogen-bond donors (Lipinski definition) is 2. The maximum atomic E-state index is 12.0. The van der Waals surface area contributed by atoms with Gasteiger partial charge in [0.2, 0.25) is 0 Å². The molecule has 0 aliphatic heterocycles. The first-order valence-corrected chi connectivity index (χ1v) is 4.58. The van der Waals surface area contributed by atoms with Crippen LogP contribution in [0.5, 0.6) is 0 Å². The van der Waals surface area contributed by atoms with Crippen molar-refractivity contribution in [3.8, 4) is 0 Å². The van der Waals surface area contributed by atoms with Gasteiger partial charge < -0.3 is 6.15 Å². The predicted molar refractivity (Wildman–Crippen MR) is 44.0 cm³/mol. The van der Waals surface area contributed by atoms with Crippen LogP contribution in [-0.2, 0) is 10.1 Å². The predicted octanol–water partition coefficient (Wildman–Crippen LogP) is 1.43. The van der Waals surface area contributed by atoms with E-state index >= 15 is 0 Å². The Balaban J connectivity index is 0.00000169. The molecule has 0 fully saturated rings. The van der Waals surface area contributed by atoms with Gasteiger partial charge in [-0.1, -0.05) is 6.07 Å². The summed E-state index contributed by atoms with van der Waals surface area (Å²) in [6.45, 7) is 0. The fourth-order valence-electron chi connectivity index (χ4n) is 0.696. The smallest absolute Gasteiger partial charge is 0.312 e. The number of hydrogen-bond acceptors (Lipinski definition) is 4. The number of nitrogens with zero attached hydrogens (tertiary/aromatic N) is 1. The van der Waals surface area contributed by atoms with Gasteiger partial charge in [-0.25, -0.2) is 13.8 Å². The molecule has 0 amide bonds. The van der Waals surface area contributed by atoms with Crippen LogP contribution in [0.3, 0.4) is 0 Å². The van der Waals surface area contributed by atoms with Gasteiger partial charge in [-0.3, -0.25) is 4.55 Å². The van der Waals surface area contributed by atoms with Crippen molar-refractivity contribution in [2.75, 3.05) is 0 Å². The Labute approximate surface area is 79.1 Å². The van der Waals surface area contributed by atoms with Crippen molar-refractivity contribution in [2.24, 2.45) is 0 Å². The Morgan fingerprint density at radius 1 is 1.36 bits per heavy atom. The molecule has 5 nitrogen and oxygen atoms in total. The summed E-state index contributed by atoms with van der Waals surface area (Å²) in [5.41, 5.74) is -0.685. The van der Waals surface area contributed by atoms with E-state index in [9.17, 15) is 17.2 Å². The van der Waals surface area contributed by atoms with Crippen molar-refractivity contribution < 1.29 is 21.8 Å². The molecule has 1 aromatic rings. The van der Waals surface area contributed by atoms with Crippen LogP contribution in [0.4, 0.5) is 8.78 Å². The van der Waals surface area contributed by atoms with Gasteiger partial charge in [0.1, 0.15) is 5.69 Å². The van der Waals surface area contributed by atoms with Crippen molar-refractivity contribution >= 4 is 10.1 Å². The molecule has 0 atom stereocenters. The molecule has 0 unspecified atom stereocenters. The highest BCUT2D eigenvalue weighted by atomic mass is 32.2. The van der Waals surface area contributed by atoms with Crippen molar-refractivity contribution in [3.63, 3.8) is 0 Å². The van der Waals surface area contributed by atoms with Crippen LogP contribution in [0.1, 0.15) is 12.1 Å². The van der Waals surface area contributed by atoms with Crippen molar-refractivity contribution in [3.05, 3.63) is 23.9 Å². The molecule has 0 spiro atoms. The lowest BCUT2D eigenvalue weighted by Gasteiger charge is -1.99. The second-order valence-electron chi connectivity index (χ2n) is 2.18. The van der Waals surface area contributed by atoms with Gasteiger partial charge in [0, 0.05) is 0 Å². The lowest BCUT2D eigenvalue weighted by Crippen LogP contribution is -2.03. The third-order valence-electron chi connectivity index (χ3n) is 1.23. The quantitative estimate of drug-likeness (QED) is 0.742. The normalized spacial score (nSPS) is 11.1. The van der Waals surface area contributed by atoms with Gasteiger partial charge in [0.05, 0.1) is 0 Å². The zero-order chi connectivity index (χ0) is 10.1. The molecule has 80 valence electrons. The van der Waals surface area contributed by atoms with E-state index in [1.807, 2.05) is 0 Å². The maximum Gasteiger partial charge on any atom is 0.312 e. The third-order valence-corrected chi connectivity index (χ3v) is 1.99. The Morgan fingerprint density at radius 2 is 1.93 bits per heavy atom. The first-order chi connectivity index (χ1) is 5.91. The molecule has 0 saturated heterocycles. The van der Waals surface area contributed by atoms with Crippen LogP contribution in [0.2, 0.25) is 0 Å². The maximum absolute atomic E-state index is 12.0. The van der Waals surface area contributed by atoms with E-state index in [0.29, 0.717) is 0 Å². The van der Waals surface area contributed by atoms with Crippen LogP contribution >= 0.6 is 0 Å². The second-order valence-corrected chi connectivity index (χ2v) is 3.54. The molecule has 8 heteroatoms. The van der Waals surface area contributed by atoms with Gasteiger partial charge in [-0.15, -0.1) is 0 Å². The van der Waals surface area contributed by atoms with Gasteiger partial charge in [0.15, 0.2) is 5.03 Å². The van der Waals surface area contributed by atoms with E-state index < -0.39 is 27.3 Å². The highest BCUT2D eigenvalue weighted by Crippen LogP contribution is 2.17. The Hall–Kier alpha value is -1.12. The van der Waals surface area contributed by atoms with Crippen molar-refractivity contribution in [1.82, 2.24) is 11.1 Å². The fourth-order valence-corrected chi connectivity index (χ4v) is 1.17. The number of halogens is 2. The minimum Gasteiger partial charge on any atom is -0.344 e. The average molecular weight is 226 g/mol. The minimum absolute atomic E-state index is 0. The number of pyridine rings is 1. The molecule has 0 saturated carbocycles. The first-order valence-electron chi connectivity index (χ1n) is 3.14. The van der Waals surface area contributed by atoms with Crippen LogP contribution < -0.4 is 6.15 Å². The molecular formula is C6H8F2N2O3S. The summed E-state index contributed by atoms with van der Waals surface area (Å²) < 4.78 is 53.4. The summed E-state index contributed by atoms with van der Waals surface area (Å²) in [5.74, 6) is 0. The van der Waals surface area contributed by atoms with Gasteiger partial charge in [-0.05, 0) is 12.1 Å². The molecule has 0 aromatic carbocycles. The SMILES string of the molecule is N.O=S(=O)(O)c1cccc(C(F)F)n1. The number of alkyl halides is 2. The topological polar surface area (TPSA) is 102 Å². The average Bonchev–Trinajstić information content (AvgIpc) is 2.03. The van der Waals surface area contributed by atoms with Crippen molar-refractivity contribution in [2.45, 2.75) is 11.5 Å². The summed E-state index contributed by atoms with van der Waals surface area (Å²) in [6, 6.07) is 2.98. The molecule has 1 aromatic heterocycles. The zero-order valence-electron chi connectivity index (χ0n) is 6.89. The van der Waals surface area contributed by atoms with E-state index in [0.717, 1.165) is 18.2 Å². The molecule has 4 N–H and O–H groups in total. The molecule has 0 aliphatic carbocycles. The summed E-state index contributed by atoms with van der Waals surface area (Å²) in [4.78, 5) is 3.06. The minimum atomic E-state index is -4.50. The lowest BCUT2D eigenvalue weighted by atomic mass is 10.4. The number of aromatic nitrogens is 1. The summed E-state index contributed by atoms with van der Waals surface area (Å²) in [5, 5.41) is -0.773. The van der Waals surface area contributed by atoms with Gasteiger partial charge in [0.25, 0.3) is 6.43 Å². The molecule has 1 heterocycles. The third kappa shape index (κ3) is 2.98. The van der Waals surface area contributed by atoms with E-state index in [1.54, 1.807) is 0 Å². The Kier molecular flexibility index (Phi) is 4.05. The van der Waals surface area contributed by atoms with Crippen LogP contribution in [0.15, 0.2) is 23.2 Å². The Morgan fingerprint density at radius 3 is 2.36 bits per heavy atom. The lowest BCUT2D eigenvalue weighted by molar-refractivity contribution is 0.145.